The Morgan fingerprint density at radius 1 is 0.827 bits per heavy atom. The van der Waals surface area contributed by atoms with Gasteiger partial charge in [-0.3, -0.25) is 19.2 Å². The highest BCUT2D eigenvalue weighted by molar-refractivity contribution is 6.30. The molecule has 11 heteroatoms. The average molecular weight is 731 g/mol. The van der Waals surface area contributed by atoms with Crippen molar-refractivity contribution in [3.63, 3.8) is 0 Å². The van der Waals surface area contributed by atoms with Gasteiger partial charge in [0, 0.05) is 54.7 Å². The number of halogens is 1. The molecule has 0 bridgehead atoms. The molecule has 280 valence electrons. The number of amides is 4. The van der Waals surface area contributed by atoms with Crippen LogP contribution >= 0.6 is 11.6 Å². The molecule has 2 fully saturated rings. The SMILES string of the molecule is CC.CC(C)C.Cc1c[nH]c2ccccc12.NC(=O)CN1CCN(C(=O)CN2CCNC(Cc3cccc(Cl)c3)C2=O)C(Cc2ccccc2)C1=O. The van der Waals surface area contributed by atoms with Gasteiger partial charge in [0.15, 0.2) is 0 Å². The van der Waals surface area contributed by atoms with Gasteiger partial charge in [-0.15, -0.1) is 0 Å². The van der Waals surface area contributed by atoms with Crippen molar-refractivity contribution in [2.75, 3.05) is 39.3 Å². The number of hydrogen-bond donors (Lipinski definition) is 3. The number of H-pyrrole nitrogens is 1. The molecule has 52 heavy (non-hydrogen) atoms. The van der Waals surface area contributed by atoms with E-state index in [1.165, 1.54) is 26.3 Å². The van der Waals surface area contributed by atoms with Crippen LogP contribution in [0.2, 0.25) is 5.02 Å². The van der Waals surface area contributed by atoms with Gasteiger partial charge < -0.3 is 30.7 Å². The van der Waals surface area contributed by atoms with Gasteiger partial charge in [0.05, 0.1) is 19.1 Å². The lowest BCUT2D eigenvalue weighted by Crippen LogP contribution is -2.63. The van der Waals surface area contributed by atoms with Crippen LogP contribution in [0.1, 0.15) is 51.3 Å². The maximum absolute atomic E-state index is 13.4. The lowest BCUT2D eigenvalue weighted by atomic mass is 10.0. The molecule has 2 saturated heterocycles. The van der Waals surface area contributed by atoms with Crippen LogP contribution in [0.4, 0.5) is 0 Å². The third-order valence-electron chi connectivity index (χ3n) is 8.36. The zero-order chi connectivity index (χ0) is 38.2. The van der Waals surface area contributed by atoms with E-state index < -0.39 is 18.0 Å². The third-order valence-corrected chi connectivity index (χ3v) is 8.59. The minimum atomic E-state index is -0.770. The Hall–Kier alpha value is -4.67. The molecule has 4 amide bonds. The van der Waals surface area contributed by atoms with Gasteiger partial charge in [-0.25, -0.2) is 0 Å². The summed E-state index contributed by atoms with van der Waals surface area (Å²) in [5, 5.41) is 5.15. The fraction of sp³-hybridized carbons (Fsp3) is 0.415. The second-order valence-corrected chi connectivity index (χ2v) is 13.8. The maximum atomic E-state index is 13.4. The van der Waals surface area contributed by atoms with E-state index in [0.717, 1.165) is 17.0 Å². The normalized spacial score (nSPS) is 17.0. The number of hydrogen-bond acceptors (Lipinski definition) is 5. The molecule has 0 radical (unpaired) electrons. The summed E-state index contributed by atoms with van der Waals surface area (Å²) in [5.41, 5.74) is 9.69. The molecule has 1 aromatic heterocycles. The van der Waals surface area contributed by atoms with Gasteiger partial charge >= 0.3 is 0 Å². The summed E-state index contributed by atoms with van der Waals surface area (Å²) in [5.74, 6) is -0.533. The predicted octanol–water partition coefficient (Wildman–Crippen LogP) is 5.62. The number of carbonyl (C=O) groups excluding carboxylic acids is 4. The van der Waals surface area contributed by atoms with Gasteiger partial charge in [0.2, 0.25) is 23.6 Å². The van der Waals surface area contributed by atoms with E-state index in [2.05, 4.69) is 56.2 Å². The van der Waals surface area contributed by atoms with Crippen molar-refractivity contribution in [3.8, 4) is 0 Å². The number of nitrogens with two attached hydrogens (primary N) is 1. The van der Waals surface area contributed by atoms with Gasteiger partial charge in [-0.2, -0.15) is 0 Å². The minimum Gasteiger partial charge on any atom is -0.368 e. The molecule has 2 unspecified atom stereocenters. The van der Waals surface area contributed by atoms with Crippen molar-refractivity contribution in [3.05, 3.63) is 107 Å². The van der Waals surface area contributed by atoms with Crippen molar-refractivity contribution in [2.45, 2.75) is 66.5 Å². The van der Waals surface area contributed by atoms with Gasteiger partial charge in [0.25, 0.3) is 0 Å². The summed E-state index contributed by atoms with van der Waals surface area (Å²) in [6.45, 7) is 13.7. The monoisotopic (exact) mass is 730 g/mol. The van der Waals surface area contributed by atoms with Crippen LogP contribution in [-0.4, -0.2) is 94.7 Å². The van der Waals surface area contributed by atoms with Gasteiger partial charge in [-0.05, 0) is 54.2 Å². The summed E-state index contributed by atoms with van der Waals surface area (Å²) in [6, 6.07) is 23.8. The van der Waals surface area contributed by atoms with Gasteiger partial charge in [0.1, 0.15) is 6.04 Å². The van der Waals surface area contributed by atoms with Crippen molar-refractivity contribution >= 4 is 46.1 Å². The van der Waals surface area contributed by atoms with E-state index in [4.69, 9.17) is 17.3 Å². The Bertz CT molecular complexity index is 1740. The second-order valence-electron chi connectivity index (χ2n) is 13.4. The second kappa shape index (κ2) is 21.0. The number of carbonyl (C=O) groups is 4. The first-order valence-corrected chi connectivity index (χ1v) is 18.5. The van der Waals surface area contributed by atoms with Crippen LogP contribution in [0.15, 0.2) is 85.1 Å². The number of rotatable bonds is 8. The number of nitrogens with one attached hydrogen (secondary N) is 2. The van der Waals surface area contributed by atoms with E-state index in [1.807, 2.05) is 74.6 Å². The highest BCUT2D eigenvalue weighted by Crippen LogP contribution is 2.19. The number of para-hydroxylation sites is 1. The van der Waals surface area contributed by atoms with Crippen LogP contribution in [0.5, 0.6) is 0 Å². The number of benzene rings is 3. The molecule has 2 aliphatic heterocycles. The van der Waals surface area contributed by atoms with Crippen molar-refractivity contribution in [2.24, 2.45) is 11.7 Å². The first-order chi connectivity index (χ1) is 24.9. The lowest BCUT2D eigenvalue weighted by Gasteiger charge is -2.41. The van der Waals surface area contributed by atoms with Crippen molar-refractivity contribution in [1.29, 1.82) is 0 Å². The Balaban J connectivity index is 0.000000376. The zero-order valence-corrected chi connectivity index (χ0v) is 32.2. The Kier molecular flexibility index (Phi) is 16.9. The summed E-state index contributed by atoms with van der Waals surface area (Å²) in [6.07, 6.45) is 2.81. The number of aromatic amines is 1. The quantitative estimate of drug-likeness (QED) is 0.217. The van der Waals surface area contributed by atoms with Gasteiger partial charge in [-0.1, -0.05) is 107 Å². The molecule has 0 aliphatic carbocycles. The predicted molar refractivity (Wildman–Crippen MR) is 210 cm³/mol. The Morgan fingerprint density at radius 3 is 2.12 bits per heavy atom. The number of fused-ring (bicyclic) bond motifs is 1. The van der Waals surface area contributed by atoms with E-state index in [-0.39, 0.29) is 43.9 Å². The van der Waals surface area contributed by atoms with Crippen molar-refractivity contribution in [1.82, 2.24) is 25.0 Å². The molecule has 3 aromatic carbocycles. The molecule has 4 N–H and O–H groups in total. The molecule has 2 atom stereocenters. The van der Waals surface area contributed by atoms with Crippen LogP contribution in [-0.2, 0) is 32.0 Å². The average Bonchev–Trinajstić information content (AvgIpc) is 3.50. The van der Waals surface area contributed by atoms with E-state index in [0.29, 0.717) is 31.0 Å². The van der Waals surface area contributed by atoms with E-state index in [9.17, 15) is 19.2 Å². The number of primary amides is 1. The summed E-state index contributed by atoms with van der Waals surface area (Å²) < 4.78 is 0. The number of aryl methyl sites for hydroxylation is 1. The highest BCUT2D eigenvalue weighted by atomic mass is 35.5. The standard InChI is InChI=1S/C26H30ClN5O4.C9H9N.C4H10.C2H6/c27-20-8-4-7-19(13-20)14-21-25(35)30(10-9-29-21)17-24(34)32-12-11-31(16-23(28)33)26(36)22(32)15-18-5-2-1-3-6-18;1-7-6-10-9-5-3-2-4-8(7)9;1-4(2)3;1-2/h1-8,13,21-22,29H,9-12,14-17H2,(H2,28,33);2-6,10H,1H3;4H,1-3H3;1-2H3. The Morgan fingerprint density at radius 2 is 1.46 bits per heavy atom. The molecular formula is C41H55ClN6O4. The van der Waals surface area contributed by atoms with Crippen LogP contribution in [0.3, 0.4) is 0 Å². The topological polar surface area (TPSA) is 132 Å². The third kappa shape index (κ3) is 12.5. The first kappa shape index (κ1) is 41.7. The number of aromatic nitrogens is 1. The maximum Gasteiger partial charge on any atom is 0.246 e. The largest absolute Gasteiger partial charge is 0.368 e. The van der Waals surface area contributed by atoms with Crippen LogP contribution in [0, 0.1) is 12.8 Å². The first-order valence-electron chi connectivity index (χ1n) is 18.1. The highest BCUT2D eigenvalue weighted by Gasteiger charge is 2.39. The number of nitrogens with zero attached hydrogens (tertiary/aromatic N) is 3. The van der Waals surface area contributed by atoms with E-state index >= 15 is 0 Å². The van der Waals surface area contributed by atoms with Crippen LogP contribution in [0.25, 0.3) is 10.9 Å². The molecular weight excluding hydrogens is 676 g/mol. The molecule has 0 spiro atoms. The molecule has 6 rings (SSSR count). The number of piperazine rings is 2. The lowest BCUT2D eigenvalue weighted by molar-refractivity contribution is -0.154. The van der Waals surface area contributed by atoms with Crippen LogP contribution < -0.4 is 11.1 Å². The minimum absolute atomic E-state index is 0.110. The van der Waals surface area contributed by atoms with Crippen molar-refractivity contribution < 1.29 is 19.2 Å². The molecule has 0 saturated carbocycles. The smallest absolute Gasteiger partial charge is 0.246 e. The summed E-state index contributed by atoms with van der Waals surface area (Å²) in [7, 11) is 0. The molecule has 4 aromatic rings. The zero-order valence-electron chi connectivity index (χ0n) is 31.4. The van der Waals surface area contributed by atoms with E-state index in [1.54, 1.807) is 11.0 Å². The Labute approximate surface area is 313 Å². The molecule has 2 aliphatic rings. The molecule has 3 heterocycles. The fourth-order valence-corrected chi connectivity index (χ4v) is 6.21. The summed E-state index contributed by atoms with van der Waals surface area (Å²) >= 11 is 6.08. The molecule has 10 nitrogen and oxygen atoms in total. The fourth-order valence-electron chi connectivity index (χ4n) is 6.00. The summed E-state index contributed by atoms with van der Waals surface area (Å²) in [4.78, 5) is 59.0.